The van der Waals surface area contributed by atoms with Crippen LogP contribution in [0, 0.1) is 5.41 Å². The Kier molecular flexibility index (Phi) is 6.56. The third-order valence-electron chi connectivity index (χ3n) is 2.05. The highest BCUT2D eigenvalue weighted by molar-refractivity contribution is 9.09. The molecule has 0 radical (unpaired) electrons. The minimum Gasteiger partial charge on any atom is -0.465 e. The van der Waals surface area contributed by atoms with Crippen molar-refractivity contribution in [3.8, 4) is 0 Å². The molecule has 0 fully saturated rings. The summed E-state index contributed by atoms with van der Waals surface area (Å²) < 4.78 is 9.73. The van der Waals surface area contributed by atoms with Gasteiger partial charge in [0.2, 0.25) is 0 Å². The van der Waals surface area contributed by atoms with Crippen molar-refractivity contribution >= 4 is 27.9 Å². The van der Waals surface area contributed by atoms with E-state index in [9.17, 15) is 9.59 Å². The van der Waals surface area contributed by atoms with Gasteiger partial charge in [-0.05, 0) is 27.2 Å². The summed E-state index contributed by atoms with van der Waals surface area (Å²) in [6.45, 7) is 5.48. The van der Waals surface area contributed by atoms with Crippen molar-refractivity contribution in [2.45, 2.75) is 27.2 Å². The van der Waals surface area contributed by atoms with E-state index in [1.165, 1.54) is 0 Å². The van der Waals surface area contributed by atoms with E-state index < -0.39 is 17.4 Å². The fourth-order valence-electron chi connectivity index (χ4n) is 1.06. The van der Waals surface area contributed by atoms with E-state index in [1.807, 2.05) is 0 Å². The normalized spacial score (nSPS) is 10.9. The Morgan fingerprint density at radius 1 is 1.13 bits per heavy atom. The molecule has 0 spiro atoms. The van der Waals surface area contributed by atoms with Gasteiger partial charge in [-0.2, -0.15) is 0 Å². The Bertz CT molecular complexity index is 209. The summed E-state index contributed by atoms with van der Waals surface area (Å²) in [6.07, 6.45) is 0.366. The van der Waals surface area contributed by atoms with Crippen molar-refractivity contribution in [3.63, 3.8) is 0 Å². The number of rotatable bonds is 6. The molecule has 0 aliphatic rings. The number of carbonyl (C=O) groups is 2. The van der Waals surface area contributed by atoms with Gasteiger partial charge in [0.05, 0.1) is 13.2 Å². The zero-order valence-corrected chi connectivity index (χ0v) is 10.9. The number of halogens is 1. The zero-order chi connectivity index (χ0) is 11.9. The highest BCUT2D eigenvalue weighted by atomic mass is 79.9. The summed E-state index contributed by atoms with van der Waals surface area (Å²) in [7, 11) is 0. The van der Waals surface area contributed by atoms with Crippen LogP contribution >= 0.6 is 15.9 Å². The molecule has 4 nitrogen and oxygen atoms in total. The maximum absolute atomic E-state index is 11.6. The van der Waals surface area contributed by atoms with Gasteiger partial charge in [0.1, 0.15) is 0 Å². The number of esters is 2. The van der Waals surface area contributed by atoms with Crippen LogP contribution in [-0.4, -0.2) is 30.5 Å². The van der Waals surface area contributed by atoms with Crippen LogP contribution in [0.1, 0.15) is 27.2 Å². The number of carbonyl (C=O) groups excluding carboxylic acids is 2. The van der Waals surface area contributed by atoms with Crippen LogP contribution in [-0.2, 0) is 19.1 Å². The van der Waals surface area contributed by atoms with E-state index in [1.54, 1.807) is 20.8 Å². The van der Waals surface area contributed by atoms with E-state index in [0.29, 0.717) is 11.8 Å². The van der Waals surface area contributed by atoms with E-state index in [0.717, 1.165) is 0 Å². The van der Waals surface area contributed by atoms with Crippen LogP contribution in [0.2, 0.25) is 0 Å². The molecule has 5 heteroatoms. The van der Waals surface area contributed by atoms with Gasteiger partial charge in [0.25, 0.3) is 0 Å². The van der Waals surface area contributed by atoms with E-state index in [-0.39, 0.29) is 13.2 Å². The molecule has 0 bridgehead atoms. The Morgan fingerprint density at radius 2 is 1.53 bits per heavy atom. The first kappa shape index (κ1) is 14.4. The van der Waals surface area contributed by atoms with Crippen LogP contribution in [0.3, 0.4) is 0 Å². The van der Waals surface area contributed by atoms with Gasteiger partial charge in [0.15, 0.2) is 5.41 Å². The molecule has 0 rings (SSSR count). The number of alkyl halides is 1. The quantitative estimate of drug-likeness (QED) is 0.424. The molecule has 0 atom stereocenters. The molecule has 15 heavy (non-hydrogen) atoms. The second-order valence-corrected chi connectivity index (χ2v) is 4.01. The van der Waals surface area contributed by atoms with Crippen molar-refractivity contribution in [2.24, 2.45) is 5.41 Å². The lowest BCUT2D eigenvalue weighted by Crippen LogP contribution is -2.39. The third kappa shape index (κ3) is 3.81. The van der Waals surface area contributed by atoms with Crippen molar-refractivity contribution in [3.05, 3.63) is 0 Å². The van der Waals surface area contributed by atoms with E-state index >= 15 is 0 Å². The first-order chi connectivity index (χ1) is 7.02. The first-order valence-corrected chi connectivity index (χ1v) is 6.05. The Labute approximate surface area is 98.4 Å². The van der Waals surface area contributed by atoms with Crippen LogP contribution < -0.4 is 0 Å². The third-order valence-corrected chi connectivity index (χ3v) is 2.44. The highest BCUT2D eigenvalue weighted by Crippen LogP contribution is 2.26. The zero-order valence-electron chi connectivity index (χ0n) is 9.34. The second-order valence-electron chi connectivity index (χ2n) is 3.21. The Balaban J connectivity index is 4.70. The Morgan fingerprint density at radius 3 is 1.80 bits per heavy atom. The second kappa shape index (κ2) is 6.82. The summed E-state index contributed by atoms with van der Waals surface area (Å²) in [5.41, 5.74) is -1.20. The van der Waals surface area contributed by atoms with E-state index in [4.69, 9.17) is 9.47 Å². The topological polar surface area (TPSA) is 52.6 Å². The molecule has 0 aromatic heterocycles. The van der Waals surface area contributed by atoms with Crippen LogP contribution in [0.4, 0.5) is 0 Å². The summed E-state index contributed by atoms with van der Waals surface area (Å²) in [5, 5.41) is 0.543. The molecule has 0 amide bonds. The number of hydrogen-bond acceptors (Lipinski definition) is 4. The maximum Gasteiger partial charge on any atom is 0.323 e. The summed E-state index contributed by atoms with van der Waals surface area (Å²) in [6, 6.07) is 0. The van der Waals surface area contributed by atoms with Crippen LogP contribution in [0.25, 0.3) is 0 Å². The van der Waals surface area contributed by atoms with Crippen LogP contribution in [0.5, 0.6) is 0 Å². The Hall–Kier alpha value is -0.580. The molecule has 0 N–H and O–H groups in total. The lowest BCUT2D eigenvalue weighted by Gasteiger charge is -2.23. The predicted octanol–water partition coefficient (Wildman–Crippen LogP) is 1.90. The average molecular weight is 281 g/mol. The molecule has 0 aromatic carbocycles. The largest absolute Gasteiger partial charge is 0.465 e. The molecule has 0 saturated carbocycles. The molecule has 0 unspecified atom stereocenters. The van der Waals surface area contributed by atoms with Gasteiger partial charge in [-0.1, -0.05) is 15.9 Å². The number of hydrogen-bond donors (Lipinski definition) is 0. The minimum atomic E-state index is -1.20. The first-order valence-electron chi connectivity index (χ1n) is 4.93. The molecule has 0 heterocycles. The van der Waals surface area contributed by atoms with Gasteiger partial charge >= 0.3 is 11.9 Å². The SMILES string of the molecule is CCOC(=O)C(C)(CCBr)C(=O)OCC. The van der Waals surface area contributed by atoms with Crippen molar-refractivity contribution in [1.82, 2.24) is 0 Å². The molecule has 0 aliphatic heterocycles. The maximum atomic E-state index is 11.6. The summed E-state index contributed by atoms with van der Waals surface area (Å²) in [4.78, 5) is 23.3. The highest BCUT2D eigenvalue weighted by Gasteiger charge is 2.43. The van der Waals surface area contributed by atoms with Gasteiger partial charge in [-0.3, -0.25) is 9.59 Å². The fourth-order valence-corrected chi connectivity index (χ4v) is 1.85. The molecular weight excluding hydrogens is 264 g/mol. The van der Waals surface area contributed by atoms with Crippen LogP contribution in [0.15, 0.2) is 0 Å². The average Bonchev–Trinajstić information content (AvgIpc) is 2.18. The standard InChI is InChI=1S/C10H17BrO4/c1-4-14-8(12)10(3,6-7-11)9(13)15-5-2/h4-7H2,1-3H3. The number of ether oxygens (including phenoxy) is 2. The monoisotopic (exact) mass is 280 g/mol. The molecule has 0 aliphatic carbocycles. The van der Waals surface area contributed by atoms with Crippen molar-refractivity contribution < 1.29 is 19.1 Å². The smallest absolute Gasteiger partial charge is 0.323 e. The van der Waals surface area contributed by atoms with Crippen molar-refractivity contribution in [2.75, 3.05) is 18.5 Å². The molecule has 0 saturated heterocycles. The van der Waals surface area contributed by atoms with Gasteiger partial charge in [0, 0.05) is 5.33 Å². The van der Waals surface area contributed by atoms with Gasteiger partial charge in [-0.25, -0.2) is 0 Å². The van der Waals surface area contributed by atoms with Crippen molar-refractivity contribution in [1.29, 1.82) is 0 Å². The van der Waals surface area contributed by atoms with Gasteiger partial charge in [-0.15, -0.1) is 0 Å². The lowest BCUT2D eigenvalue weighted by molar-refractivity contribution is -0.170. The van der Waals surface area contributed by atoms with E-state index in [2.05, 4.69) is 15.9 Å². The molecular formula is C10H17BrO4. The summed E-state index contributed by atoms with van der Waals surface area (Å²) in [5.74, 6) is -1.05. The summed E-state index contributed by atoms with van der Waals surface area (Å²) >= 11 is 3.21. The van der Waals surface area contributed by atoms with Gasteiger partial charge < -0.3 is 9.47 Å². The lowest BCUT2D eigenvalue weighted by atomic mass is 9.88. The fraction of sp³-hybridized carbons (Fsp3) is 0.800. The predicted molar refractivity (Wildman–Crippen MR) is 59.8 cm³/mol. The molecule has 88 valence electrons. The molecule has 0 aromatic rings. The minimum absolute atomic E-state index is 0.260.